The lowest BCUT2D eigenvalue weighted by Gasteiger charge is -2.37. The first kappa shape index (κ1) is 52.8. The van der Waals surface area contributed by atoms with Gasteiger partial charge in [-0.15, -0.1) is 0 Å². The Morgan fingerprint density at radius 3 is 1.46 bits per heavy atom. The molecule has 2 aliphatic rings. The normalized spacial score (nSPS) is 15.6. The van der Waals surface area contributed by atoms with E-state index >= 15 is 0 Å². The summed E-state index contributed by atoms with van der Waals surface area (Å²) in [7, 11) is 0. The molecule has 2 saturated carbocycles. The minimum absolute atomic E-state index is 0.0447. The highest BCUT2D eigenvalue weighted by atomic mass is 32.2. The van der Waals surface area contributed by atoms with Crippen LogP contribution in [0.4, 0.5) is 17.1 Å². The molecule has 7 rings (SSSR count). The maximum Gasteiger partial charge on any atom is 0.269 e. The summed E-state index contributed by atoms with van der Waals surface area (Å²) in [4.78, 5) is 65.6. The van der Waals surface area contributed by atoms with Gasteiger partial charge in [0.1, 0.15) is 0 Å². The fraction of sp³-hybridized carbons (Fsp3) is 0.414. The number of benzene rings is 5. The van der Waals surface area contributed by atoms with Gasteiger partial charge in [0.2, 0.25) is 22.0 Å². The molecule has 5 aromatic rings. The quantitative estimate of drug-likeness (QED) is 0.0503. The van der Waals surface area contributed by atoms with Crippen LogP contribution in [0.2, 0.25) is 0 Å². The Balaban J connectivity index is 0.000000229. The van der Waals surface area contributed by atoms with Crippen LogP contribution in [-0.4, -0.2) is 27.0 Å². The molecule has 9 nitrogen and oxygen atoms in total. The van der Waals surface area contributed by atoms with Crippen LogP contribution in [0.25, 0.3) is 0 Å². The third-order valence-corrected chi connectivity index (χ3v) is 16.1. The van der Waals surface area contributed by atoms with Crippen LogP contribution in [-0.2, 0) is 14.4 Å². The smallest absolute Gasteiger partial charge is 0.269 e. The van der Waals surface area contributed by atoms with Crippen LogP contribution in [0.15, 0.2) is 143 Å². The van der Waals surface area contributed by atoms with Gasteiger partial charge in [0.05, 0.1) is 22.2 Å². The van der Waals surface area contributed by atoms with Gasteiger partial charge in [0.25, 0.3) is 5.69 Å². The number of rotatable bonds is 18. The lowest BCUT2D eigenvalue weighted by atomic mass is 9.69. The number of non-ortho nitro benzene ring substituents is 1. The van der Waals surface area contributed by atoms with E-state index in [1.165, 1.54) is 48.9 Å². The molecule has 0 radical (unpaired) electrons. The monoisotopic (exact) mass is 967 g/mol. The van der Waals surface area contributed by atoms with Gasteiger partial charge in [-0.3, -0.25) is 29.3 Å². The van der Waals surface area contributed by atoms with Crippen molar-refractivity contribution in [2.45, 2.75) is 140 Å². The fourth-order valence-corrected chi connectivity index (χ4v) is 11.4. The number of carbonyl (C=O) groups excluding carboxylic acids is 4. The predicted molar refractivity (Wildman–Crippen MR) is 283 cm³/mol. The van der Waals surface area contributed by atoms with Gasteiger partial charge < -0.3 is 10.6 Å². The molecule has 0 aromatic heterocycles. The van der Waals surface area contributed by atoms with Crippen molar-refractivity contribution in [1.82, 2.24) is 0 Å². The average Bonchev–Trinajstić information content (AvgIpc) is 3.37. The van der Waals surface area contributed by atoms with E-state index in [0.717, 1.165) is 117 Å². The van der Waals surface area contributed by atoms with Crippen molar-refractivity contribution in [3.63, 3.8) is 0 Å². The lowest BCUT2D eigenvalue weighted by molar-refractivity contribution is -0.384. The predicted octanol–water partition coefficient (Wildman–Crippen LogP) is 15.7. The molecule has 5 aromatic carbocycles. The summed E-state index contributed by atoms with van der Waals surface area (Å²) < 4.78 is 0. The summed E-state index contributed by atoms with van der Waals surface area (Å²) in [5.41, 5.74) is 2.98. The largest absolute Gasteiger partial charge is 0.325 e. The highest BCUT2D eigenvalue weighted by Crippen LogP contribution is 2.45. The molecule has 2 N–H and O–H groups in total. The van der Waals surface area contributed by atoms with Gasteiger partial charge >= 0.3 is 0 Å². The van der Waals surface area contributed by atoms with Gasteiger partial charge in [-0.2, -0.15) is 0 Å². The second-order valence-corrected chi connectivity index (χ2v) is 21.5. The summed E-state index contributed by atoms with van der Waals surface area (Å²) in [6, 6.07) is 40.5. The molecule has 2 aliphatic carbocycles. The van der Waals surface area contributed by atoms with E-state index in [0.29, 0.717) is 28.0 Å². The molecular weight excluding hydrogens is 899 g/mol. The summed E-state index contributed by atoms with van der Waals surface area (Å²) in [6.07, 6.45) is 15.5. The number of anilines is 2. The molecule has 0 spiro atoms. The van der Waals surface area contributed by atoms with Crippen LogP contribution in [0.1, 0.15) is 151 Å². The van der Waals surface area contributed by atoms with E-state index < -0.39 is 4.92 Å². The van der Waals surface area contributed by atoms with Gasteiger partial charge in [0.15, 0.2) is 0 Å². The van der Waals surface area contributed by atoms with E-state index in [-0.39, 0.29) is 44.5 Å². The number of amides is 2. The molecule has 1 atom stereocenters. The van der Waals surface area contributed by atoms with Crippen molar-refractivity contribution in [3.8, 4) is 0 Å². The Morgan fingerprint density at radius 1 is 0.580 bits per heavy atom. The molecule has 0 saturated heterocycles. The standard InChI is InChI=1S/C33H39NO2S.C25H30N2O4S/c1-3-25(2)21-24-33(22-13-6-14-23-33)32(36)34-28-19-11-12-20-29(28)37-31(35)30(26-15-7-4-8-16-26)27-17-9-5-10-18-27;1-18(2)14-17-25(15-6-3-7-16-25)24(29)26-21-8-4-5-9-22(21)32-23(28)19-10-12-20(13-11-19)27(30)31/h4-5,7-12,15-20,25,30H,3,6,13-14,21-24H2,1-2H3,(H,34,36);4-5,8-13,18H,3,6-7,14-17H2,1-2H3,(H,26,29). The highest BCUT2D eigenvalue weighted by Gasteiger charge is 2.41. The number of nitro benzene ring substituents is 1. The van der Waals surface area contributed by atoms with Crippen LogP contribution < -0.4 is 10.6 Å². The summed E-state index contributed by atoms with van der Waals surface area (Å²) in [5.74, 6) is 0.965. The first-order valence-corrected chi connectivity index (χ1v) is 26.6. The topological polar surface area (TPSA) is 135 Å². The minimum Gasteiger partial charge on any atom is -0.325 e. The van der Waals surface area contributed by atoms with Crippen molar-refractivity contribution in [2.75, 3.05) is 10.6 Å². The Hall–Kier alpha value is -5.52. The minimum atomic E-state index is -0.493. The molecule has 11 heteroatoms. The molecule has 2 amide bonds. The zero-order valence-electron chi connectivity index (χ0n) is 40.8. The summed E-state index contributed by atoms with van der Waals surface area (Å²) >= 11 is 2.24. The summed E-state index contributed by atoms with van der Waals surface area (Å²) in [6.45, 7) is 8.87. The molecular formula is C58H69N3O6S2. The lowest BCUT2D eigenvalue weighted by Crippen LogP contribution is -2.38. The maximum absolute atomic E-state index is 13.8. The number of hydrogen-bond acceptors (Lipinski definition) is 8. The first-order valence-electron chi connectivity index (χ1n) is 24.9. The third-order valence-electron chi connectivity index (χ3n) is 14.1. The van der Waals surface area contributed by atoms with Crippen molar-refractivity contribution in [2.24, 2.45) is 22.7 Å². The van der Waals surface area contributed by atoms with Crippen molar-refractivity contribution < 1.29 is 24.1 Å². The van der Waals surface area contributed by atoms with Gasteiger partial charge in [-0.1, -0.05) is 158 Å². The number of para-hydroxylation sites is 2. The number of nitrogens with zero attached hydrogens (tertiary/aromatic N) is 1. The van der Waals surface area contributed by atoms with E-state index in [1.54, 1.807) is 0 Å². The third kappa shape index (κ3) is 14.7. The number of hydrogen-bond donors (Lipinski definition) is 2. The molecule has 0 aliphatic heterocycles. The van der Waals surface area contributed by atoms with Gasteiger partial charge in [-0.05, 0) is 134 Å². The fourth-order valence-electron chi connectivity index (χ4n) is 9.56. The molecule has 0 bridgehead atoms. The average molecular weight is 968 g/mol. The van der Waals surface area contributed by atoms with Crippen molar-refractivity contribution in [3.05, 3.63) is 160 Å². The molecule has 2 fully saturated rings. The van der Waals surface area contributed by atoms with E-state index in [2.05, 4.69) is 38.3 Å². The van der Waals surface area contributed by atoms with Crippen LogP contribution in [0, 0.1) is 32.8 Å². The van der Waals surface area contributed by atoms with E-state index in [1.807, 2.05) is 109 Å². The van der Waals surface area contributed by atoms with E-state index in [4.69, 9.17) is 0 Å². The van der Waals surface area contributed by atoms with Crippen LogP contribution >= 0.6 is 23.5 Å². The Bertz CT molecular complexity index is 2430. The molecule has 0 heterocycles. The van der Waals surface area contributed by atoms with Gasteiger partial charge in [0, 0.05) is 38.3 Å². The Labute approximate surface area is 418 Å². The van der Waals surface area contributed by atoms with E-state index in [9.17, 15) is 29.3 Å². The first-order chi connectivity index (χ1) is 33.3. The number of nitrogens with one attached hydrogen (secondary N) is 2. The second kappa shape index (κ2) is 25.9. The van der Waals surface area contributed by atoms with Crippen LogP contribution in [0.5, 0.6) is 0 Å². The summed E-state index contributed by atoms with van der Waals surface area (Å²) in [5, 5.41) is 17.1. The molecule has 364 valence electrons. The van der Waals surface area contributed by atoms with Crippen molar-refractivity contribution in [1.29, 1.82) is 0 Å². The molecule has 69 heavy (non-hydrogen) atoms. The number of thioether (sulfide) groups is 2. The SMILES string of the molecule is CC(C)CCC1(C(=O)Nc2ccccc2SC(=O)c2ccc([N+](=O)[O-])cc2)CCCCC1.CCC(C)CCC1(C(=O)Nc2ccccc2SC(=O)C(c2ccccc2)c2ccccc2)CCCCC1. The second-order valence-electron chi connectivity index (χ2n) is 19.4. The maximum atomic E-state index is 13.8. The Kier molecular flexibility index (Phi) is 19.8. The number of nitro groups is 1. The van der Waals surface area contributed by atoms with Crippen molar-refractivity contribution >= 4 is 62.6 Å². The Morgan fingerprint density at radius 2 is 1.01 bits per heavy atom. The number of carbonyl (C=O) groups is 4. The zero-order valence-corrected chi connectivity index (χ0v) is 42.4. The molecule has 1 unspecified atom stereocenters. The van der Waals surface area contributed by atoms with Gasteiger partial charge in [-0.25, -0.2) is 0 Å². The zero-order chi connectivity index (χ0) is 49.2. The highest BCUT2D eigenvalue weighted by molar-refractivity contribution is 8.14. The van der Waals surface area contributed by atoms with Crippen LogP contribution in [0.3, 0.4) is 0 Å².